The molecule has 1 heterocycles. The molecule has 2 rings (SSSR count). The molecule has 128 valence electrons. The standard InChI is InChI=1S/C18H28ClN3S/c1-3-16-7-4-5-11-22(16)12-6-10-20-18(23)21-15-9-8-14(2)17(19)13-15/h8-9,13,16H,3-7,10-12H2,1-2H3,(H2,20,21,23)/t16-/m1/s1. The number of anilines is 1. The van der Waals surface area contributed by atoms with E-state index in [0.29, 0.717) is 5.11 Å². The number of hydrogen-bond donors (Lipinski definition) is 2. The number of rotatable bonds is 6. The molecule has 3 nitrogen and oxygen atoms in total. The number of hydrogen-bond acceptors (Lipinski definition) is 2. The number of likely N-dealkylation sites (tertiary alicyclic amines) is 1. The first-order chi connectivity index (χ1) is 11.1. The lowest BCUT2D eigenvalue weighted by molar-refractivity contribution is 0.143. The summed E-state index contributed by atoms with van der Waals surface area (Å²) in [7, 11) is 0. The third kappa shape index (κ3) is 5.94. The Morgan fingerprint density at radius 2 is 2.22 bits per heavy atom. The van der Waals surface area contributed by atoms with Gasteiger partial charge in [0.05, 0.1) is 0 Å². The van der Waals surface area contributed by atoms with Crippen molar-refractivity contribution < 1.29 is 0 Å². The van der Waals surface area contributed by atoms with Crippen LogP contribution < -0.4 is 10.6 Å². The Balaban J connectivity index is 1.67. The molecule has 1 fully saturated rings. The molecular formula is C18H28ClN3S. The zero-order valence-electron chi connectivity index (χ0n) is 14.2. The molecule has 5 heteroatoms. The molecule has 1 aromatic rings. The summed E-state index contributed by atoms with van der Waals surface area (Å²) in [5.74, 6) is 0. The van der Waals surface area contributed by atoms with Crippen molar-refractivity contribution in [1.82, 2.24) is 10.2 Å². The maximum Gasteiger partial charge on any atom is 0.170 e. The van der Waals surface area contributed by atoms with Gasteiger partial charge in [0.1, 0.15) is 0 Å². The monoisotopic (exact) mass is 353 g/mol. The summed E-state index contributed by atoms with van der Waals surface area (Å²) < 4.78 is 0. The van der Waals surface area contributed by atoms with Crippen molar-refractivity contribution >= 4 is 34.6 Å². The van der Waals surface area contributed by atoms with E-state index in [0.717, 1.165) is 41.8 Å². The lowest BCUT2D eigenvalue weighted by atomic mass is 10.00. The highest BCUT2D eigenvalue weighted by molar-refractivity contribution is 7.80. The van der Waals surface area contributed by atoms with Gasteiger partial charge in [-0.15, -0.1) is 0 Å². The van der Waals surface area contributed by atoms with E-state index in [4.69, 9.17) is 23.8 Å². The third-order valence-corrected chi connectivity index (χ3v) is 5.21. The van der Waals surface area contributed by atoms with Crippen molar-refractivity contribution in [1.29, 1.82) is 0 Å². The van der Waals surface area contributed by atoms with Crippen LogP contribution >= 0.6 is 23.8 Å². The third-order valence-electron chi connectivity index (χ3n) is 4.56. The van der Waals surface area contributed by atoms with Crippen LogP contribution in [0.4, 0.5) is 5.69 Å². The summed E-state index contributed by atoms with van der Waals surface area (Å²) in [6.45, 7) is 7.60. The highest BCUT2D eigenvalue weighted by atomic mass is 35.5. The number of nitrogens with one attached hydrogen (secondary N) is 2. The zero-order chi connectivity index (χ0) is 16.7. The summed E-state index contributed by atoms with van der Waals surface area (Å²) in [6, 6.07) is 6.68. The van der Waals surface area contributed by atoms with E-state index in [1.165, 1.54) is 32.2 Å². The molecule has 0 spiro atoms. The van der Waals surface area contributed by atoms with Gasteiger partial charge in [0.15, 0.2) is 5.11 Å². The Labute approximate surface area is 150 Å². The number of halogens is 1. The van der Waals surface area contributed by atoms with E-state index in [9.17, 15) is 0 Å². The van der Waals surface area contributed by atoms with E-state index < -0.39 is 0 Å². The van der Waals surface area contributed by atoms with Crippen LogP contribution in [0.3, 0.4) is 0 Å². The van der Waals surface area contributed by atoms with Gasteiger partial charge in [-0.2, -0.15) is 0 Å². The minimum absolute atomic E-state index is 0.663. The highest BCUT2D eigenvalue weighted by Gasteiger charge is 2.19. The van der Waals surface area contributed by atoms with Crippen LogP contribution in [0.15, 0.2) is 18.2 Å². The van der Waals surface area contributed by atoms with Crippen LogP contribution in [0.1, 0.15) is 44.6 Å². The molecule has 0 saturated carbocycles. The Hall–Kier alpha value is -0.840. The molecule has 0 aromatic heterocycles. The van der Waals surface area contributed by atoms with Crippen LogP contribution in [0.25, 0.3) is 0 Å². The molecule has 1 atom stereocenters. The van der Waals surface area contributed by atoms with Gasteiger partial charge in [0, 0.05) is 29.8 Å². The van der Waals surface area contributed by atoms with Gasteiger partial charge in [-0.1, -0.05) is 31.0 Å². The molecular weight excluding hydrogens is 326 g/mol. The second-order valence-corrected chi connectivity index (χ2v) is 7.11. The molecule has 2 N–H and O–H groups in total. The Morgan fingerprint density at radius 3 is 2.96 bits per heavy atom. The molecule has 0 aliphatic carbocycles. The number of piperidine rings is 1. The lowest BCUT2D eigenvalue weighted by Gasteiger charge is -2.35. The van der Waals surface area contributed by atoms with Gasteiger partial charge >= 0.3 is 0 Å². The van der Waals surface area contributed by atoms with E-state index in [1.807, 2.05) is 25.1 Å². The van der Waals surface area contributed by atoms with Crippen molar-refractivity contribution in [2.45, 2.75) is 52.0 Å². The maximum atomic E-state index is 6.13. The van der Waals surface area contributed by atoms with Gasteiger partial charge < -0.3 is 15.5 Å². The van der Waals surface area contributed by atoms with Crippen LogP contribution in [0.5, 0.6) is 0 Å². The summed E-state index contributed by atoms with van der Waals surface area (Å²) in [4.78, 5) is 2.64. The van der Waals surface area contributed by atoms with E-state index in [2.05, 4.69) is 22.5 Å². The Morgan fingerprint density at radius 1 is 1.39 bits per heavy atom. The van der Waals surface area contributed by atoms with Gasteiger partial charge in [-0.3, -0.25) is 0 Å². The molecule has 1 aliphatic rings. The highest BCUT2D eigenvalue weighted by Crippen LogP contribution is 2.20. The van der Waals surface area contributed by atoms with Crippen molar-refractivity contribution in [3.8, 4) is 0 Å². The van der Waals surface area contributed by atoms with E-state index in [-0.39, 0.29) is 0 Å². The Bertz CT molecular complexity index is 521. The van der Waals surface area contributed by atoms with Crippen LogP contribution in [0, 0.1) is 6.92 Å². The van der Waals surface area contributed by atoms with Crippen molar-refractivity contribution in [3.05, 3.63) is 28.8 Å². The van der Waals surface area contributed by atoms with Crippen molar-refractivity contribution in [2.24, 2.45) is 0 Å². The average molecular weight is 354 g/mol. The molecule has 0 radical (unpaired) electrons. The fraction of sp³-hybridized carbons (Fsp3) is 0.611. The predicted molar refractivity (Wildman–Crippen MR) is 105 cm³/mol. The molecule has 23 heavy (non-hydrogen) atoms. The van der Waals surface area contributed by atoms with E-state index in [1.54, 1.807) is 0 Å². The van der Waals surface area contributed by atoms with Crippen LogP contribution in [0.2, 0.25) is 5.02 Å². The second kappa shape index (κ2) is 9.45. The molecule has 0 amide bonds. The van der Waals surface area contributed by atoms with E-state index >= 15 is 0 Å². The first kappa shape index (κ1) is 18.5. The first-order valence-corrected chi connectivity index (χ1v) is 9.44. The molecule has 0 unspecified atom stereocenters. The molecule has 1 aromatic carbocycles. The fourth-order valence-corrected chi connectivity index (χ4v) is 3.55. The van der Waals surface area contributed by atoms with Crippen molar-refractivity contribution in [2.75, 3.05) is 25.0 Å². The average Bonchev–Trinajstić information content (AvgIpc) is 2.55. The summed E-state index contributed by atoms with van der Waals surface area (Å²) >= 11 is 11.5. The second-order valence-electron chi connectivity index (χ2n) is 6.29. The van der Waals surface area contributed by atoms with Crippen LogP contribution in [-0.2, 0) is 0 Å². The van der Waals surface area contributed by atoms with Crippen LogP contribution in [-0.4, -0.2) is 35.7 Å². The SMILES string of the molecule is CC[C@@H]1CCCCN1CCCNC(=S)Nc1ccc(C)c(Cl)c1. The number of nitrogens with zero attached hydrogens (tertiary/aromatic N) is 1. The number of benzene rings is 1. The summed E-state index contributed by atoms with van der Waals surface area (Å²) in [5.41, 5.74) is 2.00. The van der Waals surface area contributed by atoms with Gasteiger partial charge in [0.25, 0.3) is 0 Å². The smallest absolute Gasteiger partial charge is 0.170 e. The summed E-state index contributed by atoms with van der Waals surface area (Å²) in [5, 5.41) is 7.90. The molecule has 0 bridgehead atoms. The van der Waals surface area contributed by atoms with Gasteiger partial charge in [-0.25, -0.2) is 0 Å². The maximum absolute atomic E-state index is 6.13. The largest absolute Gasteiger partial charge is 0.362 e. The first-order valence-electron chi connectivity index (χ1n) is 8.65. The zero-order valence-corrected chi connectivity index (χ0v) is 15.8. The number of aryl methyl sites for hydroxylation is 1. The topological polar surface area (TPSA) is 27.3 Å². The Kier molecular flexibility index (Phi) is 7.60. The summed E-state index contributed by atoms with van der Waals surface area (Å²) in [6.07, 6.45) is 6.48. The molecule has 1 aliphatic heterocycles. The molecule has 1 saturated heterocycles. The lowest BCUT2D eigenvalue weighted by Crippen LogP contribution is -2.40. The van der Waals surface area contributed by atoms with Gasteiger partial charge in [0.2, 0.25) is 0 Å². The quantitative estimate of drug-likeness (QED) is 0.577. The van der Waals surface area contributed by atoms with Gasteiger partial charge in [-0.05, 0) is 69.1 Å². The normalized spacial score (nSPS) is 18.7. The predicted octanol–water partition coefficient (Wildman–Crippen LogP) is 4.59. The fourth-order valence-electron chi connectivity index (χ4n) is 3.15. The van der Waals surface area contributed by atoms with Crippen molar-refractivity contribution in [3.63, 3.8) is 0 Å². The minimum atomic E-state index is 0.663. The minimum Gasteiger partial charge on any atom is -0.362 e. The number of thiocarbonyl (C=S) groups is 1.